The average molecular weight is 386 g/mol. The Morgan fingerprint density at radius 2 is 1.85 bits per heavy atom. The van der Waals surface area contributed by atoms with Crippen molar-refractivity contribution in [3.8, 4) is 5.75 Å². The van der Waals surface area contributed by atoms with Gasteiger partial charge in [0, 0.05) is 30.0 Å². The molecule has 2 aliphatic rings. The third-order valence-electron chi connectivity index (χ3n) is 5.55. The summed E-state index contributed by atoms with van der Waals surface area (Å²) in [5, 5.41) is 3.72. The zero-order valence-electron chi connectivity index (χ0n) is 15.5. The second-order valence-corrected chi connectivity index (χ2v) is 8.07. The van der Waals surface area contributed by atoms with Gasteiger partial charge in [-0.1, -0.05) is 35.9 Å². The number of likely N-dealkylation sites (tertiary alicyclic amines) is 1. The predicted molar refractivity (Wildman–Crippen MR) is 106 cm³/mol. The summed E-state index contributed by atoms with van der Waals surface area (Å²) in [6, 6.07) is 14.2. The highest BCUT2D eigenvalue weighted by molar-refractivity contribution is 6.30. The maximum Gasteiger partial charge on any atom is 0.227 e. The number of benzene rings is 2. The van der Waals surface area contributed by atoms with Gasteiger partial charge in [0.05, 0.1) is 19.0 Å². The molecular formula is C22H26ClN2O2+. The van der Waals surface area contributed by atoms with Crippen molar-refractivity contribution in [3.63, 3.8) is 0 Å². The first kappa shape index (κ1) is 18.3. The SMILES string of the molecule is O=C(NCc1ccc(C[NH+]2CCCC2)cc1)[C@@H]1COc2ccc(Cl)cc2C1. The summed E-state index contributed by atoms with van der Waals surface area (Å²) in [5.41, 5.74) is 3.50. The van der Waals surface area contributed by atoms with Gasteiger partial charge in [-0.05, 0) is 35.7 Å². The molecule has 2 heterocycles. The Morgan fingerprint density at radius 1 is 1.11 bits per heavy atom. The van der Waals surface area contributed by atoms with Crippen LogP contribution in [0.4, 0.5) is 0 Å². The number of hydrogen-bond donors (Lipinski definition) is 2. The normalized spacial score (nSPS) is 19.4. The van der Waals surface area contributed by atoms with E-state index in [-0.39, 0.29) is 11.8 Å². The van der Waals surface area contributed by atoms with E-state index in [1.165, 1.54) is 31.5 Å². The molecule has 1 fully saturated rings. The largest absolute Gasteiger partial charge is 0.492 e. The lowest BCUT2D eigenvalue weighted by Crippen LogP contribution is -3.08. The standard InChI is InChI=1S/C22H25ClN2O2/c23-20-7-8-21-18(12-20)11-19(15-27-21)22(26)24-13-16-3-5-17(6-4-16)14-25-9-1-2-10-25/h3-8,12,19H,1-2,9-11,13-15H2,(H,24,26)/p+1/t19-/m0/s1. The Labute approximate surface area is 165 Å². The van der Waals surface area contributed by atoms with Crippen molar-refractivity contribution in [1.29, 1.82) is 0 Å². The molecule has 27 heavy (non-hydrogen) atoms. The zero-order chi connectivity index (χ0) is 18.6. The molecule has 5 heteroatoms. The fraction of sp³-hybridized carbons (Fsp3) is 0.409. The van der Waals surface area contributed by atoms with Crippen LogP contribution in [0, 0.1) is 5.92 Å². The third kappa shape index (κ3) is 4.63. The molecule has 0 aromatic heterocycles. The Balaban J connectivity index is 1.29. The molecule has 0 saturated carbocycles. The van der Waals surface area contributed by atoms with Gasteiger partial charge in [0.1, 0.15) is 18.9 Å². The van der Waals surface area contributed by atoms with Gasteiger partial charge in [-0.3, -0.25) is 4.79 Å². The summed E-state index contributed by atoms with van der Waals surface area (Å²) in [6.07, 6.45) is 3.36. The fourth-order valence-electron chi connectivity index (χ4n) is 3.98. The van der Waals surface area contributed by atoms with Crippen molar-refractivity contribution in [2.75, 3.05) is 19.7 Å². The van der Waals surface area contributed by atoms with E-state index in [1.807, 2.05) is 18.2 Å². The van der Waals surface area contributed by atoms with E-state index in [2.05, 4.69) is 29.6 Å². The zero-order valence-corrected chi connectivity index (χ0v) is 16.2. The first-order valence-corrected chi connectivity index (χ1v) is 10.2. The topological polar surface area (TPSA) is 42.8 Å². The van der Waals surface area contributed by atoms with Crippen molar-refractivity contribution in [3.05, 3.63) is 64.2 Å². The summed E-state index contributed by atoms with van der Waals surface area (Å²) >= 11 is 6.05. The molecular weight excluding hydrogens is 360 g/mol. The highest BCUT2D eigenvalue weighted by Gasteiger charge is 2.26. The summed E-state index contributed by atoms with van der Waals surface area (Å²) in [6.45, 7) is 4.64. The molecule has 142 valence electrons. The van der Waals surface area contributed by atoms with Gasteiger partial charge in [-0.15, -0.1) is 0 Å². The van der Waals surface area contributed by atoms with Crippen molar-refractivity contribution in [2.45, 2.75) is 32.4 Å². The van der Waals surface area contributed by atoms with Crippen LogP contribution in [0.3, 0.4) is 0 Å². The number of carbonyl (C=O) groups excluding carboxylic acids is 1. The lowest BCUT2D eigenvalue weighted by atomic mass is 9.96. The molecule has 1 amide bonds. The Bertz CT molecular complexity index is 800. The van der Waals surface area contributed by atoms with Crippen LogP contribution >= 0.6 is 11.6 Å². The van der Waals surface area contributed by atoms with E-state index in [0.29, 0.717) is 24.6 Å². The van der Waals surface area contributed by atoms with Crippen molar-refractivity contribution >= 4 is 17.5 Å². The Hall–Kier alpha value is -2.04. The maximum absolute atomic E-state index is 12.5. The molecule has 0 unspecified atom stereocenters. The minimum absolute atomic E-state index is 0.0335. The van der Waals surface area contributed by atoms with Gasteiger partial charge in [-0.2, -0.15) is 0 Å². The second-order valence-electron chi connectivity index (χ2n) is 7.63. The monoisotopic (exact) mass is 385 g/mol. The number of amides is 1. The Kier molecular flexibility index (Phi) is 5.65. The van der Waals surface area contributed by atoms with E-state index in [4.69, 9.17) is 16.3 Å². The van der Waals surface area contributed by atoms with E-state index in [9.17, 15) is 4.79 Å². The van der Waals surface area contributed by atoms with Gasteiger partial charge in [0.2, 0.25) is 5.91 Å². The molecule has 1 atom stereocenters. The van der Waals surface area contributed by atoms with Gasteiger partial charge in [0.15, 0.2) is 0 Å². The maximum atomic E-state index is 12.5. The van der Waals surface area contributed by atoms with Crippen molar-refractivity contribution < 1.29 is 14.4 Å². The van der Waals surface area contributed by atoms with Crippen LogP contribution in [0.15, 0.2) is 42.5 Å². The fourth-order valence-corrected chi connectivity index (χ4v) is 4.18. The van der Waals surface area contributed by atoms with Crippen molar-refractivity contribution in [2.24, 2.45) is 5.92 Å². The molecule has 2 aromatic carbocycles. The number of fused-ring (bicyclic) bond motifs is 1. The molecule has 4 rings (SSSR count). The van der Waals surface area contributed by atoms with Crippen LogP contribution in [0.2, 0.25) is 5.02 Å². The first-order valence-electron chi connectivity index (χ1n) is 9.78. The quantitative estimate of drug-likeness (QED) is 0.829. The lowest BCUT2D eigenvalue weighted by molar-refractivity contribution is -0.901. The van der Waals surface area contributed by atoms with Crippen LogP contribution in [-0.4, -0.2) is 25.6 Å². The van der Waals surface area contributed by atoms with Crippen LogP contribution in [0.1, 0.15) is 29.5 Å². The molecule has 2 N–H and O–H groups in total. The molecule has 2 aromatic rings. The molecule has 4 nitrogen and oxygen atoms in total. The highest BCUT2D eigenvalue weighted by Crippen LogP contribution is 2.29. The lowest BCUT2D eigenvalue weighted by Gasteiger charge is -2.24. The first-order chi connectivity index (χ1) is 13.2. The molecule has 0 bridgehead atoms. The number of carbonyl (C=O) groups is 1. The third-order valence-corrected chi connectivity index (χ3v) is 5.79. The number of quaternary nitrogens is 1. The number of rotatable bonds is 5. The van der Waals surface area contributed by atoms with Crippen molar-refractivity contribution in [1.82, 2.24) is 5.32 Å². The van der Waals surface area contributed by atoms with Gasteiger partial charge < -0.3 is 15.0 Å². The number of halogens is 1. The van der Waals surface area contributed by atoms with E-state index in [1.54, 1.807) is 4.90 Å². The number of ether oxygens (including phenoxy) is 1. The van der Waals surface area contributed by atoms with Gasteiger partial charge >= 0.3 is 0 Å². The van der Waals surface area contributed by atoms with Crippen LogP contribution in [0.5, 0.6) is 5.75 Å². The molecule has 0 spiro atoms. The van der Waals surface area contributed by atoms with Gasteiger partial charge in [-0.25, -0.2) is 0 Å². The summed E-state index contributed by atoms with van der Waals surface area (Å²) in [4.78, 5) is 14.2. The van der Waals surface area contributed by atoms with Crippen LogP contribution < -0.4 is 15.0 Å². The number of nitrogens with one attached hydrogen (secondary N) is 2. The minimum atomic E-state index is -0.172. The highest BCUT2D eigenvalue weighted by atomic mass is 35.5. The molecule has 2 aliphatic heterocycles. The Morgan fingerprint density at radius 3 is 2.63 bits per heavy atom. The summed E-state index contributed by atoms with van der Waals surface area (Å²) in [7, 11) is 0. The van der Waals surface area contributed by atoms with Gasteiger partial charge in [0.25, 0.3) is 0 Å². The predicted octanol–water partition coefficient (Wildman–Crippen LogP) is 2.39. The summed E-state index contributed by atoms with van der Waals surface area (Å²) in [5.74, 6) is 0.694. The van der Waals surface area contributed by atoms with Crippen LogP contribution in [0.25, 0.3) is 0 Å². The van der Waals surface area contributed by atoms with Crippen LogP contribution in [-0.2, 0) is 24.3 Å². The minimum Gasteiger partial charge on any atom is -0.492 e. The average Bonchev–Trinajstić information content (AvgIpc) is 3.19. The van der Waals surface area contributed by atoms with E-state index in [0.717, 1.165) is 23.4 Å². The summed E-state index contributed by atoms with van der Waals surface area (Å²) < 4.78 is 5.72. The molecule has 0 aliphatic carbocycles. The molecule has 1 saturated heterocycles. The molecule has 0 radical (unpaired) electrons. The smallest absolute Gasteiger partial charge is 0.227 e. The second kappa shape index (κ2) is 8.32. The number of hydrogen-bond acceptors (Lipinski definition) is 2. The van der Waals surface area contributed by atoms with E-state index < -0.39 is 0 Å². The van der Waals surface area contributed by atoms with E-state index >= 15 is 0 Å².